The minimum Gasteiger partial charge on any atom is -0.293 e. The number of halogens is 1. The predicted molar refractivity (Wildman–Crippen MR) is 60.1 cm³/mol. The predicted octanol–water partition coefficient (Wildman–Crippen LogP) is 3.15. The van der Waals surface area contributed by atoms with Crippen molar-refractivity contribution in [1.29, 1.82) is 0 Å². The Morgan fingerprint density at radius 1 is 1.33 bits per heavy atom. The fraction of sp³-hybridized carbons (Fsp3) is 0.385. The van der Waals surface area contributed by atoms with E-state index in [0.717, 1.165) is 18.7 Å². The molecule has 1 heterocycles. The van der Waals surface area contributed by atoms with E-state index in [0.29, 0.717) is 0 Å². The maximum atomic E-state index is 13.1. The van der Waals surface area contributed by atoms with E-state index in [1.807, 2.05) is 12.1 Å². The number of hydrogen-bond acceptors (Lipinski definition) is 1. The molecule has 0 amide bonds. The van der Waals surface area contributed by atoms with Crippen molar-refractivity contribution >= 4 is 0 Å². The molecule has 0 bridgehead atoms. The molecule has 1 aliphatic rings. The number of nitrogens with zero attached hydrogens (tertiary/aromatic N) is 1. The third-order valence-corrected chi connectivity index (χ3v) is 2.95. The van der Waals surface area contributed by atoms with E-state index in [2.05, 4.69) is 11.5 Å². The summed E-state index contributed by atoms with van der Waals surface area (Å²) in [5.41, 5.74) is 1.01. The van der Waals surface area contributed by atoms with Crippen molar-refractivity contribution in [3.05, 3.63) is 48.3 Å². The molecule has 1 atom stereocenters. The number of likely N-dealkylation sites (tertiary alicyclic amines) is 1. The molecule has 0 N–H and O–H groups in total. The largest absolute Gasteiger partial charge is 0.293 e. The molecule has 0 radical (unpaired) electrons. The third-order valence-electron chi connectivity index (χ3n) is 2.95. The van der Waals surface area contributed by atoms with Gasteiger partial charge < -0.3 is 0 Å². The van der Waals surface area contributed by atoms with Crippen molar-refractivity contribution in [2.75, 3.05) is 13.1 Å². The van der Waals surface area contributed by atoms with Crippen LogP contribution >= 0.6 is 0 Å². The van der Waals surface area contributed by atoms with E-state index in [1.165, 1.54) is 18.9 Å². The molecule has 1 saturated heterocycles. The quantitative estimate of drug-likeness (QED) is 0.685. The van der Waals surface area contributed by atoms with Gasteiger partial charge in [0.25, 0.3) is 0 Å². The highest BCUT2D eigenvalue weighted by atomic mass is 19.1. The van der Waals surface area contributed by atoms with Gasteiger partial charge in [-0.25, -0.2) is 4.39 Å². The molecule has 15 heavy (non-hydrogen) atoms. The molecular weight excluding hydrogens is 189 g/mol. The van der Waals surface area contributed by atoms with Gasteiger partial charge in [-0.1, -0.05) is 18.2 Å². The van der Waals surface area contributed by atoms with Crippen molar-refractivity contribution in [3.63, 3.8) is 0 Å². The van der Waals surface area contributed by atoms with Crippen LogP contribution in [0.4, 0.5) is 4.39 Å². The van der Waals surface area contributed by atoms with Crippen LogP contribution < -0.4 is 0 Å². The maximum absolute atomic E-state index is 13.1. The first-order chi connectivity index (χ1) is 7.31. The molecule has 1 aliphatic heterocycles. The molecule has 2 heteroatoms. The van der Waals surface area contributed by atoms with Crippen molar-refractivity contribution in [2.45, 2.75) is 18.9 Å². The van der Waals surface area contributed by atoms with E-state index in [1.54, 1.807) is 12.1 Å². The fourth-order valence-corrected chi connectivity index (χ4v) is 2.21. The van der Waals surface area contributed by atoms with E-state index in [-0.39, 0.29) is 11.9 Å². The summed E-state index contributed by atoms with van der Waals surface area (Å²) in [4.78, 5) is 2.35. The third kappa shape index (κ3) is 2.26. The molecule has 0 unspecified atom stereocenters. The minimum absolute atomic E-state index is 0.168. The van der Waals surface area contributed by atoms with Gasteiger partial charge >= 0.3 is 0 Å². The Kier molecular flexibility index (Phi) is 3.17. The molecule has 1 fully saturated rings. The molecule has 1 aromatic carbocycles. The normalized spacial score (nSPS) is 19.0. The molecule has 1 aromatic rings. The van der Waals surface area contributed by atoms with E-state index in [9.17, 15) is 4.39 Å². The van der Waals surface area contributed by atoms with E-state index in [4.69, 9.17) is 0 Å². The standard InChI is InChI=1S/C13H16FN/c1-2-13(15-8-3-4-9-15)11-6-5-7-12(14)10-11/h2,5-7,10,13H,1,3-4,8-9H2/t13-/m1/s1. The Balaban J connectivity index is 2.21. The summed E-state index contributed by atoms with van der Waals surface area (Å²) in [5.74, 6) is -0.168. The molecule has 0 aromatic heterocycles. The van der Waals surface area contributed by atoms with Gasteiger partial charge in [0.05, 0.1) is 6.04 Å². The second-order valence-electron chi connectivity index (χ2n) is 3.98. The monoisotopic (exact) mass is 205 g/mol. The summed E-state index contributed by atoms with van der Waals surface area (Å²) in [6.07, 6.45) is 4.37. The Morgan fingerprint density at radius 2 is 2.07 bits per heavy atom. The number of benzene rings is 1. The van der Waals surface area contributed by atoms with Gasteiger partial charge in [0.2, 0.25) is 0 Å². The van der Waals surface area contributed by atoms with Gasteiger partial charge in [0.1, 0.15) is 5.82 Å². The van der Waals surface area contributed by atoms with Crippen LogP contribution in [0.15, 0.2) is 36.9 Å². The zero-order valence-electron chi connectivity index (χ0n) is 8.82. The second kappa shape index (κ2) is 4.58. The Labute approximate surface area is 90.2 Å². The summed E-state index contributed by atoms with van der Waals surface area (Å²) in [7, 11) is 0. The highest BCUT2D eigenvalue weighted by Gasteiger charge is 2.20. The van der Waals surface area contributed by atoms with Gasteiger partial charge in [0, 0.05) is 0 Å². The van der Waals surface area contributed by atoms with Crippen LogP contribution in [-0.4, -0.2) is 18.0 Å². The molecule has 0 saturated carbocycles. The zero-order chi connectivity index (χ0) is 10.7. The Morgan fingerprint density at radius 3 is 2.67 bits per heavy atom. The van der Waals surface area contributed by atoms with Crippen molar-refractivity contribution in [1.82, 2.24) is 4.90 Å². The average Bonchev–Trinajstić information content (AvgIpc) is 2.72. The first-order valence-corrected chi connectivity index (χ1v) is 5.43. The summed E-state index contributed by atoms with van der Waals surface area (Å²) in [5, 5.41) is 0. The van der Waals surface area contributed by atoms with Crippen molar-refractivity contribution in [2.24, 2.45) is 0 Å². The lowest BCUT2D eigenvalue weighted by atomic mass is 10.1. The van der Waals surface area contributed by atoms with E-state index >= 15 is 0 Å². The van der Waals surface area contributed by atoms with Crippen LogP contribution in [0.3, 0.4) is 0 Å². The molecule has 80 valence electrons. The zero-order valence-corrected chi connectivity index (χ0v) is 8.82. The molecule has 1 nitrogen and oxygen atoms in total. The van der Waals surface area contributed by atoms with E-state index < -0.39 is 0 Å². The van der Waals surface area contributed by atoms with Crippen molar-refractivity contribution in [3.8, 4) is 0 Å². The van der Waals surface area contributed by atoms with Crippen LogP contribution in [-0.2, 0) is 0 Å². The van der Waals surface area contributed by atoms with Gasteiger partial charge in [-0.3, -0.25) is 4.90 Å². The summed E-state index contributed by atoms with van der Waals surface area (Å²) < 4.78 is 13.1. The maximum Gasteiger partial charge on any atom is 0.123 e. The van der Waals surface area contributed by atoms with Crippen molar-refractivity contribution < 1.29 is 4.39 Å². The van der Waals surface area contributed by atoms with Crippen LogP contribution in [0.5, 0.6) is 0 Å². The van der Waals surface area contributed by atoms with Gasteiger partial charge in [-0.2, -0.15) is 0 Å². The summed E-state index contributed by atoms with van der Waals surface area (Å²) in [6.45, 7) is 6.03. The minimum atomic E-state index is -0.168. The lowest BCUT2D eigenvalue weighted by Gasteiger charge is -2.24. The molecule has 0 aliphatic carbocycles. The van der Waals surface area contributed by atoms with Crippen LogP contribution in [0.2, 0.25) is 0 Å². The fourth-order valence-electron chi connectivity index (χ4n) is 2.21. The van der Waals surface area contributed by atoms with Crippen LogP contribution in [0, 0.1) is 5.82 Å². The lowest BCUT2D eigenvalue weighted by molar-refractivity contribution is 0.288. The molecular formula is C13H16FN. The first-order valence-electron chi connectivity index (χ1n) is 5.43. The van der Waals surface area contributed by atoms with Crippen LogP contribution in [0.25, 0.3) is 0 Å². The average molecular weight is 205 g/mol. The smallest absolute Gasteiger partial charge is 0.123 e. The highest BCUT2D eigenvalue weighted by molar-refractivity contribution is 5.23. The molecule has 0 spiro atoms. The number of hydrogen-bond donors (Lipinski definition) is 0. The van der Waals surface area contributed by atoms with Gasteiger partial charge in [-0.05, 0) is 43.6 Å². The SMILES string of the molecule is C=C[C@H](c1cccc(F)c1)N1CCCC1. The summed E-state index contributed by atoms with van der Waals surface area (Å²) >= 11 is 0. The summed E-state index contributed by atoms with van der Waals surface area (Å²) in [6, 6.07) is 6.98. The Bertz CT molecular complexity index is 342. The number of rotatable bonds is 3. The van der Waals surface area contributed by atoms with Gasteiger partial charge in [-0.15, -0.1) is 6.58 Å². The first kappa shape index (κ1) is 10.4. The Hall–Kier alpha value is -1.15. The topological polar surface area (TPSA) is 3.24 Å². The van der Waals surface area contributed by atoms with Gasteiger partial charge in [0.15, 0.2) is 0 Å². The second-order valence-corrected chi connectivity index (χ2v) is 3.98. The highest BCUT2D eigenvalue weighted by Crippen LogP contribution is 2.26. The van der Waals surface area contributed by atoms with Crippen LogP contribution in [0.1, 0.15) is 24.4 Å². The molecule has 2 rings (SSSR count). The lowest BCUT2D eigenvalue weighted by Crippen LogP contribution is -2.23.